The highest BCUT2D eigenvalue weighted by Gasteiger charge is 2.73. The maximum Gasteiger partial charge on any atom is 0.209 e. The molecular formula is C16H27NO. The van der Waals surface area contributed by atoms with Crippen molar-refractivity contribution in [2.45, 2.75) is 64.2 Å². The van der Waals surface area contributed by atoms with Crippen LogP contribution in [0.2, 0.25) is 0 Å². The molecular weight excluding hydrogens is 222 g/mol. The molecule has 1 saturated heterocycles. The van der Waals surface area contributed by atoms with Gasteiger partial charge in [-0.05, 0) is 57.3 Å². The van der Waals surface area contributed by atoms with Crippen molar-refractivity contribution < 1.29 is 10.1 Å². The molecule has 0 aromatic heterocycles. The summed E-state index contributed by atoms with van der Waals surface area (Å²) < 4.78 is 6.11. The summed E-state index contributed by atoms with van der Waals surface area (Å²) in [4.78, 5) is 0. The van der Waals surface area contributed by atoms with E-state index in [1.54, 1.807) is 0 Å². The summed E-state index contributed by atoms with van der Waals surface area (Å²) in [6.45, 7) is 11.3. The lowest BCUT2D eigenvalue weighted by atomic mass is 9.64. The topological polar surface area (TPSA) is 29.1 Å². The van der Waals surface area contributed by atoms with Crippen LogP contribution in [0.4, 0.5) is 0 Å². The summed E-state index contributed by atoms with van der Waals surface area (Å²) >= 11 is 0. The van der Waals surface area contributed by atoms with Crippen LogP contribution in [0, 0.1) is 24.3 Å². The van der Waals surface area contributed by atoms with E-state index in [1.165, 1.54) is 37.7 Å². The molecule has 3 aliphatic rings. The largest absolute Gasteiger partial charge is 0.448 e. The molecule has 0 bridgehead atoms. The second-order valence-corrected chi connectivity index (χ2v) is 7.40. The Hall–Kier alpha value is -0.340. The number of hydrogen-bond donors (Lipinski definition) is 1. The van der Waals surface area contributed by atoms with Crippen LogP contribution in [0.1, 0.15) is 52.9 Å². The Morgan fingerprint density at radius 2 is 2.00 bits per heavy atom. The monoisotopic (exact) mass is 249 g/mol. The van der Waals surface area contributed by atoms with Crippen molar-refractivity contribution in [3.8, 4) is 0 Å². The van der Waals surface area contributed by atoms with Gasteiger partial charge in [0.2, 0.25) is 5.72 Å². The first-order valence-corrected chi connectivity index (χ1v) is 7.38. The molecule has 0 amide bonds. The highest BCUT2D eigenvalue weighted by molar-refractivity contribution is 5.21. The van der Waals surface area contributed by atoms with E-state index in [-0.39, 0.29) is 11.3 Å². The Bertz CT molecular complexity index is 389. The van der Waals surface area contributed by atoms with Gasteiger partial charge in [0.1, 0.15) is 5.60 Å². The fourth-order valence-corrected chi connectivity index (χ4v) is 5.05. The predicted molar refractivity (Wildman–Crippen MR) is 72.5 cm³/mol. The van der Waals surface area contributed by atoms with Gasteiger partial charge in [0.15, 0.2) is 0 Å². The highest BCUT2D eigenvalue weighted by Crippen LogP contribution is 2.63. The zero-order chi connectivity index (χ0) is 13.2. The lowest BCUT2D eigenvalue weighted by Gasteiger charge is -2.41. The third-order valence-electron chi connectivity index (χ3n) is 6.04. The quantitative estimate of drug-likeness (QED) is 0.455. The van der Waals surface area contributed by atoms with Crippen LogP contribution in [0.5, 0.6) is 0 Å². The lowest BCUT2D eigenvalue weighted by molar-refractivity contribution is -0.681. The SMILES string of the molecule is C=C1CCC[C@]2(C)CC[C@@H](C3([NH2+][CH2-])OC3(C)C)[C@H]12. The van der Waals surface area contributed by atoms with Gasteiger partial charge < -0.3 is 10.1 Å². The second-order valence-electron chi connectivity index (χ2n) is 7.40. The van der Waals surface area contributed by atoms with Crippen molar-refractivity contribution in [2.24, 2.45) is 17.3 Å². The van der Waals surface area contributed by atoms with Crippen molar-refractivity contribution in [3.05, 3.63) is 19.2 Å². The van der Waals surface area contributed by atoms with E-state index in [0.29, 0.717) is 17.3 Å². The third kappa shape index (κ3) is 1.42. The Kier molecular flexibility index (Phi) is 2.54. The number of quaternary nitrogens is 1. The van der Waals surface area contributed by atoms with E-state index >= 15 is 0 Å². The smallest absolute Gasteiger partial charge is 0.209 e. The second kappa shape index (κ2) is 3.61. The van der Waals surface area contributed by atoms with Crippen molar-refractivity contribution in [1.29, 1.82) is 0 Å². The summed E-state index contributed by atoms with van der Waals surface area (Å²) in [5.74, 6) is 1.24. The first kappa shape index (κ1) is 12.7. The van der Waals surface area contributed by atoms with Gasteiger partial charge in [-0.1, -0.05) is 19.1 Å². The molecule has 102 valence electrons. The van der Waals surface area contributed by atoms with Crippen molar-refractivity contribution in [2.75, 3.05) is 0 Å². The first-order chi connectivity index (χ1) is 8.36. The van der Waals surface area contributed by atoms with Gasteiger partial charge in [0.25, 0.3) is 0 Å². The Morgan fingerprint density at radius 3 is 2.56 bits per heavy atom. The average Bonchev–Trinajstić information content (AvgIpc) is 2.67. The van der Waals surface area contributed by atoms with Gasteiger partial charge >= 0.3 is 0 Å². The van der Waals surface area contributed by atoms with E-state index in [4.69, 9.17) is 4.74 Å². The fraction of sp³-hybridized carbons (Fsp3) is 0.812. The molecule has 1 unspecified atom stereocenters. The van der Waals surface area contributed by atoms with Crippen LogP contribution in [0.15, 0.2) is 12.2 Å². The van der Waals surface area contributed by atoms with Crippen LogP contribution in [0.3, 0.4) is 0 Å². The van der Waals surface area contributed by atoms with Crippen LogP contribution in [-0.2, 0) is 4.74 Å². The average molecular weight is 249 g/mol. The summed E-state index contributed by atoms with van der Waals surface area (Å²) in [7, 11) is 4.07. The Labute approximate surface area is 111 Å². The normalized spacial score (nSPS) is 50.1. The van der Waals surface area contributed by atoms with Crippen LogP contribution >= 0.6 is 0 Å². The molecule has 0 aromatic carbocycles. The van der Waals surface area contributed by atoms with E-state index < -0.39 is 0 Å². The minimum absolute atomic E-state index is 0.0254. The van der Waals surface area contributed by atoms with Gasteiger partial charge in [-0.15, -0.1) is 7.05 Å². The molecule has 18 heavy (non-hydrogen) atoms. The Balaban J connectivity index is 1.93. The zero-order valence-corrected chi connectivity index (χ0v) is 12.1. The minimum atomic E-state index is -0.0876. The molecule has 0 spiro atoms. The van der Waals surface area contributed by atoms with E-state index in [1.807, 2.05) is 0 Å². The lowest BCUT2D eigenvalue weighted by Crippen LogP contribution is -2.90. The fourth-order valence-electron chi connectivity index (χ4n) is 5.05. The number of nitrogens with two attached hydrogens (primary N) is 1. The molecule has 0 radical (unpaired) electrons. The van der Waals surface area contributed by atoms with Gasteiger partial charge in [-0.3, -0.25) is 0 Å². The maximum absolute atomic E-state index is 6.11. The zero-order valence-electron chi connectivity index (χ0n) is 12.1. The molecule has 3 fully saturated rings. The maximum atomic E-state index is 6.11. The summed E-state index contributed by atoms with van der Waals surface area (Å²) in [5, 5.41) is 2.07. The molecule has 1 heterocycles. The molecule has 2 aliphatic carbocycles. The van der Waals surface area contributed by atoms with Gasteiger partial charge in [0.05, 0.1) is 0 Å². The van der Waals surface area contributed by atoms with Crippen LogP contribution in [0.25, 0.3) is 0 Å². The molecule has 0 aromatic rings. The van der Waals surface area contributed by atoms with Crippen molar-refractivity contribution in [1.82, 2.24) is 0 Å². The summed E-state index contributed by atoms with van der Waals surface area (Å²) in [6, 6.07) is 0. The minimum Gasteiger partial charge on any atom is -0.448 e. The molecule has 3 rings (SSSR count). The van der Waals surface area contributed by atoms with Crippen molar-refractivity contribution >= 4 is 0 Å². The number of rotatable bonds is 2. The number of fused-ring (bicyclic) bond motifs is 1. The Morgan fingerprint density at radius 1 is 1.33 bits per heavy atom. The number of allylic oxidation sites excluding steroid dienone is 1. The molecule has 1 aliphatic heterocycles. The van der Waals surface area contributed by atoms with E-state index in [0.717, 1.165) is 0 Å². The third-order valence-corrected chi connectivity index (χ3v) is 6.04. The first-order valence-electron chi connectivity index (χ1n) is 7.38. The van der Waals surface area contributed by atoms with E-state index in [9.17, 15) is 0 Å². The summed E-state index contributed by atoms with van der Waals surface area (Å²) in [5.41, 5.74) is 1.83. The molecule has 4 atom stereocenters. The van der Waals surface area contributed by atoms with Gasteiger partial charge in [-0.2, -0.15) is 0 Å². The number of ether oxygens (including phenoxy) is 1. The predicted octanol–water partition coefficient (Wildman–Crippen LogP) is 2.62. The number of epoxide rings is 1. The van der Waals surface area contributed by atoms with E-state index in [2.05, 4.69) is 39.7 Å². The molecule has 2 nitrogen and oxygen atoms in total. The summed E-state index contributed by atoms with van der Waals surface area (Å²) in [6.07, 6.45) is 6.50. The van der Waals surface area contributed by atoms with Gasteiger partial charge in [0, 0.05) is 5.92 Å². The molecule has 2 heteroatoms. The molecule has 2 N–H and O–H groups in total. The van der Waals surface area contributed by atoms with Gasteiger partial charge in [-0.25, -0.2) is 0 Å². The standard InChI is InChI=1S/C16H27NO/c1-11-7-6-9-15(4)10-8-12(13(11)15)16(17-5)14(2,3)18-16/h12-13H,1,5-10,17H2,2-4H3/t12-,13+,15-,16?/m1/s1. The molecule has 2 saturated carbocycles. The number of hydrogen-bond acceptors (Lipinski definition) is 1. The van der Waals surface area contributed by atoms with Crippen LogP contribution in [-0.4, -0.2) is 11.3 Å². The van der Waals surface area contributed by atoms with Crippen molar-refractivity contribution in [3.63, 3.8) is 0 Å². The highest BCUT2D eigenvalue weighted by atomic mass is 16.6. The van der Waals surface area contributed by atoms with Crippen LogP contribution < -0.4 is 5.32 Å².